The van der Waals surface area contributed by atoms with Crippen molar-refractivity contribution in [3.63, 3.8) is 0 Å². The highest BCUT2D eigenvalue weighted by Gasteiger charge is 2.10. The third kappa shape index (κ3) is 1.34. The number of ketones is 1. The summed E-state index contributed by atoms with van der Waals surface area (Å²) < 4.78 is 1.43. The Bertz CT molecular complexity index is 300. The average Bonchev–Trinajstić information content (AvgIpc) is 2.33. The Balaban J connectivity index is 3.02. The molecule has 0 aliphatic heterocycles. The number of aryl methyl sites for hydroxylation is 1. The number of hydrogen-bond acceptors (Lipinski definition) is 3. The Morgan fingerprint density at radius 1 is 1.73 bits per heavy atom. The molecule has 0 saturated heterocycles. The van der Waals surface area contributed by atoms with Gasteiger partial charge in [0.2, 0.25) is 5.78 Å². The van der Waals surface area contributed by atoms with Crippen LogP contribution in [0, 0.1) is 0 Å². The highest BCUT2D eigenvalue weighted by molar-refractivity contribution is 6.06. The van der Waals surface area contributed by atoms with Crippen molar-refractivity contribution in [2.45, 2.75) is 6.92 Å². The Morgan fingerprint density at radius 2 is 2.36 bits per heavy atom. The molecule has 0 N–H and O–H groups in total. The Kier molecular flexibility index (Phi) is 1.85. The van der Waals surface area contributed by atoms with E-state index in [9.17, 15) is 4.79 Å². The van der Waals surface area contributed by atoms with Crippen molar-refractivity contribution in [2.24, 2.45) is 7.05 Å². The number of rotatable bonds is 2. The molecular formula is C7H9N3O. The summed E-state index contributed by atoms with van der Waals surface area (Å²) in [5.41, 5.74) is 0.966. The van der Waals surface area contributed by atoms with E-state index in [4.69, 9.17) is 0 Å². The Morgan fingerprint density at radius 3 is 2.73 bits per heavy atom. The Hall–Kier alpha value is -1.45. The lowest BCUT2D eigenvalue weighted by Gasteiger charge is -1.96. The van der Waals surface area contributed by atoms with Crippen LogP contribution >= 0.6 is 0 Å². The second-order valence-electron chi connectivity index (χ2n) is 2.35. The van der Waals surface area contributed by atoms with E-state index in [0.717, 1.165) is 0 Å². The van der Waals surface area contributed by atoms with Gasteiger partial charge in [0, 0.05) is 7.05 Å². The summed E-state index contributed by atoms with van der Waals surface area (Å²) in [4.78, 5) is 11.2. The molecule has 0 saturated carbocycles. The second kappa shape index (κ2) is 2.65. The maximum Gasteiger partial charge on any atom is 0.207 e. The average molecular weight is 151 g/mol. The molecule has 1 aromatic rings. The predicted octanol–water partition coefficient (Wildman–Crippen LogP) is 0.574. The van der Waals surface area contributed by atoms with Crippen LogP contribution in [0.4, 0.5) is 0 Å². The smallest absolute Gasteiger partial charge is 0.207 e. The van der Waals surface area contributed by atoms with E-state index in [2.05, 4.69) is 16.9 Å². The summed E-state index contributed by atoms with van der Waals surface area (Å²) in [7, 11) is 1.67. The van der Waals surface area contributed by atoms with Gasteiger partial charge in [0.1, 0.15) is 5.69 Å². The first-order chi connectivity index (χ1) is 5.13. The van der Waals surface area contributed by atoms with Gasteiger partial charge in [-0.3, -0.25) is 4.79 Å². The first kappa shape index (κ1) is 7.65. The molecule has 1 aromatic heterocycles. The quantitative estimate of drug-likeness (QED) is 0.458. The van der Waals surface area contributed by atoms with Crippen LogP contribution in [0.25, 0.3) is 0 Å². The van der Waals surface area contributed by atoms with E-state index < -0.39 is 0 Å². The van der Waals surface area contributed by atoms with Crippen molar-refractivity contribution in [1.82, 2.24) is 15.0 Å². The van der Waals surface area contributed by atoms with Gasteiger partial charge in [0.15, 0.2) is 0 Å². The minimum Gasteiger partial charge on any atom is -0.287 e. The minimum atomic E-state index is -0.113. The van der Waals surface area contributed by atoms with E-state index in [-0.39, 0.29) is 5.78 Å². The normalized spacial score (nSPS) is 9.64. The predicted molar refractivity (Wildman–Crippen MR) is 40.1 cm³/mol. The molecule has 0 aromatic carbocycles. The van der Waals surface area contributed by atoms with Gasteiger partial charge >= 0.3 is 0 Å². The van der Waals surface area contributed by atoms with Gasteiger partial charge in [0.25, 0.3) is 0 Å². The molecule has 1 rings (SSSR count). The van der Waals surface area contributed by atoms with E-state index >= 15 is 0 Å². The fourth-order valence-electron chi connectivity index (χ4n) is 0.714. The van der Waals surface area contributed by atoms with Crippen LogP contribution < -0.4 is 0 Å². The van der Waals surface area contributed by atoms with Gasteiger partial charge in [0.05, 0.1) is 6.20 Å². The third-order valence-corrected chi connectivity index (χ3v) is 1.33. The van der Waals surface area contributed by atoms with Crippen LogP contribution in [0.5, 0.6) is 0 Å². The zero-order valence-electron chi connectivity index (χ0n) is 6.53. The highest BCUT2D eigenvalue weighted by Crippen LogP contribution is 2.01. The molecule has 0 amide bonds. The van der Waals surface area contributed by atoms with Gasteiger partial charge in [-0.05, 0) is 12.5 Å². The number of nitrogens with zero attached hydrogens (tertiary/aromatic N) is 3. The molecule has 4 nitrogen and oxygen atoms in total. The maximum atomic E-state index is 11.2. The molecule has 0 atom stereocenters. The summed E-state index contributed by atoms with van der Waals surface area (Å²) in [5.74, 6) is -0.113. The molecule has 1 heterocycles. The molecule has 0 spiro atoms. The SMILES string of the molecule is C=C(C)C(=O)c1cnnn1C. The van der Waals surface area contributed by atoms with Crippen molar-refractivity contribution in [3.8, 4) is 0 Å². The first-order valence-corrected chi connectivity index (χ1v) is 3.18. The van der Waals surface area contributed by atoms with Crippen LogP contribution in [0.3, 0.4) is 0 Å². The van der Waals surface area contributed by atoms with Crippen molar-refractivity contribution in [1.29, 1.82) is 0 Å². The molecule has 0 bridgehead atoms. The maximum absolute atomic E-state index is 11.2. The summed E-state index contributed by atoms with van der Waals surface area (Å²) in [5, 5.41) is 7.20. The first-order valence-electron chi connectivity index (χ1n) is 3.18. The number of aromatic nitrogens is 3. The molecule has 11 heavy (non-hydrogen) atoms. The lowest BCUT2D eigenvalue weighted by Crippen LogP contribution is -2.06. The summed E-state index contributed by atoms with van der Waals surface area (Å²) in [6, 6.07) is 0. The van der Waals surface area contributed by atoms with Crippen molar-refractivity contribution >= 4 is 5.78 Å². The van der Waals surface area contributed by atoms with Gasteiger partial charge in [-0.25, -0.2) is 4.68 Å². The zero-order valence-corrected chi connectivity index (χ0v) is 6.53. The number of Topliss-reactive ketones (excluding diaryl/α,β-unsaturated/α-hetero) is 1. The van der Waals surface area contributed by atoms with Crippen molar-refractivity contribution in [2.75, 3.05) is 0 Å². The van der Waals surface area contributed by atoms with Gasteiger partial charge in [-0.2, -0.15) is 0 Å². The van der Waals surface area contributed by atoms with E-state index in [1.54, 1.807) is 14.0 Å². The lowest BCUT2D eigenvalue weighted by atomic mass is 10.2. The van der Waals surface area contributed by atoms with E-state index in [1.165, 1.54) is 10.9 Å². The van der Waals surface area contributed by atoms with Gasteiger partial charge < -0.3 is 0 Å². The second-order valence-corrected chi connectivity index (χ2v) is 2.35. The molecule has 4 heteroatoms. The highest BCUT2D eigenvalue weighted by atomic mass is 16.1. The van der Waals surface area contributed by atoms with Crippen molar-refractivity contribution < 1.29 is 4.79 Å². The molecule has 0 fully saturated rings. The summed E-state index contributed by atoms with van der Waals surface area (Å²) in [6.45, 7) is 5.20. The summed E-state index contributed by atoms with van der Waals surface area (Å²) in [6.07, 6.45) is 1.43. The molecule has 0 aliphatic carbocycles. The molecule has 58 valence electrons. The lowest BCUT2D eigenvalue weighted by molar-refractivity contribution is 0.102. The molecule has 0 radical (unpaired) electrons. The van der Waals surface area contributed by atoms with E-state index in [0.29, 0.717) is 11.3 Å². The minimum absolute atomic E-state index is 0.113. The standard InChI is InChI=1S/C7H9N3O/c1-5(2)7(11)6-4-8-9-10(6)3/h4H,1H2,2-3H3. The number of allylic oxidation sites excluding steroid dienone is 1. The van der Waals surface area contributed by atoms with Gasteiger partial charge in [-0.1, -0.05) is 11.8 Å². The zero-order chi connectivity index (χ0) is 8.43. The monoisotopic (exact) mass is 151 g/mol. The molecular weight excluding hydrogens is 142 g/mol. The number of carbonyl (C=O) groups is 1. The van der Waals surface area contributed by atoms with Crippen LogP contribution in [0.2, 0.25) is 0 Å². The number of carbonyl (C=O) groups excluding carboxylic acids is 1. The van der Waals surface area contributed by atoms with Crippen LogP contribution in [0.1, 0.15) is 17.4 Å². The molecule has 0 aliphatic rings. The largest absolute Gasteiger partial charge is 0.287 e. The van der Waals surface area contributed by atoms with Crippen LogP contribution in [0.15, 0.2) is 18.3 Å². The van der Waals surface area contributed by atoms with E-state index in [1.807, 2.05) is 0 Å². The fraction of sp³-hybridized carbons (Fsp3) is 0.286. The third-order valence-electron chi connectivity index (χ3n) is 1.33. The fourth-order valence-corrected chi connectivity index (χ4v) is 0.714. The topological polar surface area (TPSA) is 47.8 Å². The molecule has 0 unspecified atom stereocenters. The van der Waals surface area contributed by atoms with Crippen LogP contribution in [-0.2, 0) is 7.05 Å². The number of hydrogen-bond donors (Lipinski definition) is 0. The van der Waals surface area contributed by atoms with Gasteiger partial charge in [-0.15, -0.1) is 5.10 Å². The van der Waals surface area contributed by atoms with Crippen LogP contribution in [-0.4, -0.2) is 20.8 Å². The summed E-state index contributed by atoms with van der Waals surface area (Å²) >= 11 is 0. The van der Waals surface area contributed by atoms with Crippen molar-refractivity contribution in [3.05, 3.63) is 24.0 Å². The Labute approximate surface area is 64.5 Å².